The Hall–Kier alpha value is -0.690. The number of carbonyl (C=O) groups excluding carboxylic acids is 1. The van der Waals surface area contributed by atoms with Gasteiger partial charge in [0.2, 0.25) is 12.1 Å². The summed E-state index contributed by atoms with van der Waals surface area (Å²) in [5, 5.41) is 0. The molecule has 6 nitrogen and oxygen atoms in total. The van der Waals surface area contributed by atoms with E-state index >= 15 is 0 Å². The summed E-state index contributed by atoms with van der Waals surface area (Å²) < 4.78 is 17.7. The van der Waals surface area contributed by atoms with E-state index in [2.05, 4.69) is 13.8 Å². The van der Waals surface area contributed by atoms with Gasteiger partial charge in [-0.1, -0.05) is 13.8 Å². The average molecular weight is 326 g/mol. The Morgan fingerprint density at radius 2 is 1.91 bits per heavy atom. The summed E-state index contributed by atoms with van der Waals surface area (Å²) in [5.41, 5.74) is -0.594. The molecule has 23 heavy (non-hydrogen) atoms. The van der Waals surface area contributed by atoms with Crippen molar-refractivity contribution in [2.24, 2.45) is 23.7 Å². The molecule has 1 unspecified atom stereocenters. The maximum absolute atomic E-state index is 11.4. The smallest absolute Gasteiger partial charge is 0.304 e. The molecule has 5 aliphatic rings. The zero-order valence-electron chi connectivity index (χ0n) is 14.2. The highest BCUT2D eigenvalue weighted by molar-refractivity contribution is 5.66. The molecule has 5 fully saturated rings. The molecule has 0 aromatic heterocycles. The highest BCUT2D eigenvalue weighted by atomic mass is 17.3. The van der Waals surface area contributed by atoms with E-state index in [4.69, 9.17) is 24.0 Å². The number of rotatable bonds is 1. The van der Waals surface area contributed by atoms with Gasteiger partial charge in [0.1, 0.15) is 0 Å². The number of hydrogen-bond acceptors (Lipinski definition) is 6. The zero-order valence-corrected chi connectivity index (χ0v) is 14.2. The molecule has 0 aromatic rings. The lowest BCUT2D eigenvalue weighted by Crippen LogP contribution is -2.70. The normalized spacial score (nSPS) is 55.0. The molecule has 1 spiro atoms. The van der Waals surface area contributed by atoms with Crippen molar-refractivity contribution in [3.8, 4) is 0 Å². The number of ether oxygens (including phenoxy) is 3. The maximum Gasteiger partial charge on any atom is 0.304 e. The van der Waals surface area contributed by atoms with Crippen LogP contribution in [-0.2, 0) is 28.8 Å². The van der Waals surface area contributed by atoms with Crippen LogP contribution in [0.3, 0.4) is 0 Å². The van der Waals surface area contributed by atoms with Crippen molar-refractivity contribution in [3.05, 3.63) is 0 Å². The van der Waals surface area contributed by atoms with Crippen LogP contribution in [0.4, 0.5) is 0 Å². The number of carbonyl (C=O) groups is 1. The van der Waals surface area contributed by atoms with Gasteiger partial charge < -0.3 is 14.2 Å². The minimum Gasteiger partial charge on any atom is -0.436 e. The Bertz CT molecular complexity index is 509. The van der Waals surface area contributed by atoms with Crippen molar-refractivity contribution in [2.45, 2.75) is 77.3 Å². The summed E-state index contributed by atoms with van der Waals surface area (Å²) in [7, 11) is 0. The molecule has 1 aliphatic carbocycles. The van der Waals surface area contributed by atoms with E-state index in [9.17, 15) is 4.79 Å². The summed E-state index contributed by atoms with van der Waals surface area (Å²) in [4.78, 5) is 23.2. The van der Waals surface area contributed by atoms with Crippen LogP contribution in [0.1, 0.15) is 53.4 Å². The van der Waals surface area contributed by atoms with Gasteiger partial charge in [-0.2, -0.15) is 0 Å². The van der Waals surface area contributed by atoms with Crippen molar-refractivity contribution in [3.63, 3.8) is 0 Å². The van der Waals surface area contributed by atoms with Gasteiger partial charge in [-0.25, -0.2) is 9.78 Å². The van der Waals surface area contributed by atoms with Crippen LogP contribution >= 0.6 is 0 Å². The molecule has 0 amide bonds. The lowest BCUT2D eigenvalue weighted by atomic mass is 9.58. The van der Waals surface area contributed by atoms with Crippen LogP contribution in [0.15, 0.2) is 0 Å². The van der Waals surface area contributed by atoms with Gasteiger partial charge in [-0.3, -0.25) is 4.79 Å². The molecule has 130 valence electrons. The summed E-state index contributed by atoms with van der Waals surface area (Å²) in [6.45, 7) is 7.64. The second-order valence-corrected chi connectivity index (χ2v) is 7.88. The lowest BCUT2D eigenvalue weighted by molar-refractivity contribution is -0.576. The number of esters is 1. The summed E-state index contributed by atoms with van der Waals surface area (Å²) in [6.07, 6.45) is 2.78. The minimum absolute atomic E-state index is 0.0415. The van der Waals surface area contributed by atoms with Gasteiger partial charge in [0.25, 0.3) is 0 Å². The third-order valence-corrected chi connectivity index (χ3v) is 6.38. The van der Waals surface area contributed by atoms with E-state index in [0.717, 1.165) is 25.7 Å². The fourth-order valence-corrected chi connectivity index (χ4v) is 5.17. The molecule has 0 aromatic carbocycles. The van der Waals surface area contributed by atoms with E-state index < -0.39 is 24.0 Å². The molecule has 6 heteroatoms. The van der Waals surface area contributed by atoms with Crippen LogP contribution in [-0.4, -0.2) is 29.9 Å². The van der Waals surface area contributed by atoms with E-state index in [-0.39, 0.29) is 17.8 Å². The number of fused-ring (bicyclic) bond motifs is 2. The summed E-state index contributed by atoms with van der Waals surface area (Å²) in [6, 6.07) is 0. The molecular formula is C17H26O6. The highest BCUT2D eigenvalue weighted by Gasteiger charge is 2.69. The molecule has 1 saturated carbocycles. The van der Waals surface area contributed by atoms with Crippen LogP contribution in [0.2, 0.25) is 0 Å². The molecule has 0 N–H and O–H groups in total. The molecule has 2 bridgehead atoms. The second kappa shape index (κ2) is 5.15. The minimum atomic E-state index is -0.793. The van der Waals surface area contributed by atoms with Crippen LogP contribution in [0, 0.1) is 23.7 Å². The monoisotopic (exact) mass is 326 g/mol. The van der Waals surface area contributed by atoms with Crippen molar-refractivity contribution >= 4 is 5.97 Å². The molecule has 4 aliphatic heterocycles. The van der Waals surface area contributed by atoms with E-state index in [0.29, 0.717) is 11.8 Å². The second-order valence-electron chi connectivity index (χ2n) is 7.88. The van der Waals surface area contributed by atoms with Gasteiger partial charge in [-0.15, -0.1) is 0 Å². The molecule has 8 atom stereocenters. The first-order valence-electron chi connectivity index (χ1n) is 8.73. The molecule has 4 heterocycles. The molecule has 0 radical (unpaired) electrons. The first-order valence-corrected chi connectivity index (χ1v) is 8.73. The average Bonchev–Trinajstić information content (AvgIpc) is 2.70. The third kappa shape index (κ3) is 2.18. The fraction of sp³-hybridized carbons (Fsp3) is 0.941. The first-order chi connectivity index (χ1) is 10.9. The van der Waals surface area contributed by atoms with E-state index in [1.165, 1.54) is 6.92 Å². The predicted octanol–water partition coefficient (Wildman–Crippen LogP) is 2.76. The van der Waals surface area contributed by atoms with Gasteiger partial charge >= 0.3 is 5.97 Å². The zero-order chi connectivity index (χ0) is 16.4. The van der Waals surface area contributed by atoms with Crippen molar-refractivity contribution in [1.82, 2.24) is 0 Å². The molecule has 4 saturated heterocycles. The van der Waals surface area contributed by atoms with E-state index in [1.54, 1.807) is 0 Å². The van der Waals surface area contributed by atoms with Gasteiger partial charge in [0.15, 0.2) is 11.9 Å². The molecular weight excluding hydrogens is 300 g/mol. The Labute approximate surface area is 136 Å². The standard InChI is InChI=1S/C17H26O6/c1-9-5-6-13-10(2)14(19-11(3)18)20-15-17(13)12(9)7-8-16(4,21-15)22-23-17/h9-10,12-15H,5-8H2,1-4H3/t9-,10-,12+,13+,14-,15-,16?,17-/m1/s1. The quantitative estimate of drug-likeness (QED) is 0.545. The van der Waals surface area contributed by atoms with Crippen LogP contribution < -0.4 is 0 Å². The summed E-state index contributed by atoms with van der Waals surface area (Å²) >= 11 is 0. The van der Waals surface area contributed by atoms with Gasteiger partial charge in [0.05, 0.1) is 0 Å². The van der Waals surface area contributed by atoms with Crippen molar-refractivity contribution in [2.75, 3.05) is 0 Å². The van der Waals surface area contributed by atoms with Crippen molar-refractivity contribution < 1.29 is 28.8 Å². The predicted molar refractivity (Wildman–Crippen MR) is 78.6 cm³/mol. The maximum atomic E-state index is 11.4. The Morgan fingerprint density at radius 3 is 2.65 bits per heavy atom. The Kier molecular flexibility index (Phi) is 3.54. The molecule has 5 rings (SSSR count). The largest absolute Gasteiger partial charge is 0.436 e. The third-order valence-electron chi connectivity index (χ3n) is 6.38. The van der Waals surface area contributed by atoms with Crippen LogP contribution in [0.25, 0.3) is 0 Å². The first kappa shape index (κ1) is 15.8. The van der Waals surface area contributed by atoms with Crippen molar-refractivity contribution in [1.29, 1.82) is 0 Å². The van der Waals surface area contributed by atoms with Gasteiger partial charge in [0, 0.05) is 25.2 Å². The van der Waals surface area contributed by atoms with Crippen LogP contribution in [0.5, 0.6) is 0 Å². The summed E-state index contributed by atoms with van der Waals surface area (Å²) in [5.74, 6) is -0.0347. The topological polar surface area (TPSA) is 63.2 Å². The lowest BCUT2D eigenvalue weighted by Gasteiger charge is -2.59. The van der Waals surface area contributed by atoms with Gasteiger partial charge in [-0.05, 0) is 38.0 Å². The Balaban J connectivity index is 1.74. The Morgan fingerprint density at radius 1 is 1.13 bits per heavy atom. The number of hydrogen-bond donors (Lipinski definition) is 0. The SMILES string of the molecule is CC(=O)O[C@@H]1O[C@@H]2OC3(C)CC[C@H]4[C@H](C)CC[C@@H]([C@H]1C)[C@@]24OO3. The highest BCUT2D eigenvalue weighted by Crippen LogP contribution is 2.60. The van der Waals surface area contributed by atoms with E-state index in [1.807, 2.05) is 6.92 Å². The fourth-order valence-electron chi connectivity index (χ4n) is 5.17.